The van der Waals surface area contributed by atoms with Crippen molar-refractivity contribution in [3.63, 3.8) is 0 Å². The van der Waals surface area contributed by atoms with E-state index >= 15 is 0 Å². The van der Waals surface area contributed by atoms with Gasteiger partial charge in [-0.2, -0.15) is 0 Å². The van der Waals surface area contributed by atoms with Crippen molar-refractivity contribution < 1.29 is 14.9 Å². The van der Waals surface area contributed by atoms with Gasteiger partial charge >= 0.3 is 0 Å². The summed E-state index contributed by atoms with van der Waals surface area (Å²) in [6, 6.07) is 5.75. The van der Waals surface area contributed by atoms with Gasteiger partial charge in [0, 0.05) is 5.56 Å². The van der Waals surface area contributed by atoms with Gasteiger partial charge in [0.1, 0.15) is 5.75 Å². The van der Waals surface area contributed by atoms with E-state index < -0.39 is 0 Å². The molecule has 3 N–H and O–H groups in total. The Morgan fingerprint density at radius 1 is 1.18 bits per heavy atom. The molecule has 1 heterocycles. The fourth-order valence-corrected chi connectivity index (χ4v) is 2.45. The van der Waals surface area contributed by atoms with Crippen LogP contribution in [0.3, 0.4) is 0 Å². The van der Waals surface area contributed by atoms with Gasteiger partial charge < -0.3 is 14.9 Å². The van der Waals surface area contributed by atoms with Crippen LogP contribution in [0.5, 0.6) is 17.5 Å². The van der Waals surface area contributed by atoms with Gasteiger partial charge in [-0.25, -0.2) is 0 Å². The molecule has 0 saturated carbocycles. The monoisotopic (exact) mass is 231 g/mol. The maximum Gasteiger partial charge on any atom is 0.199 e. The molecule has 0 saturated heterocycles. The van der Waals surface area contributed by atoms with Crippen LogP contribution in [-0.4, -0.2) is 22.3 Å². The average Bonchev–Trinajstić information content (AvgIpc) is 2.64. The number of methoxy groups -OCH3 is 1. The van der Waals surface area contributed by atoms with Gasteiger partial charge in [0.2, 0.25) is 0 Å². The number of aromatic nitrogens is 1. The highest BCUT2D eigenvalue weighted by Crippen LogP contribution is 2.44. The lowest BCUT2D eigenvalue weighted by Crippen LogP contribution is -2.02. The second kappa shape index (κ2) is 3.45. The van der Waals surface area contributed by atoms with E-state index in [1.165, 1.54) is 0 Å². The summed E-state index contributed by atoms with van der Waals surface area (Å²) in [5.74, 6) is 0.911. The summed E-state index contributed by atoms with van der Waals surface area (Å²) in [5.41, 5.74) is 3.60. The van der Waals surface area contributed by atoms with Crippen LogP contribution in [0.1, 0.15) is 11.1 Å². The van der Waals surface area contributed by atoms with Crippen molar-refractivity contribution in [2.45, 2.75) is 12.8 Å². The standard InChI is InChI=1S/C13H13NO3/c1-17-8-3-5-9-7(6-8)2-4-10-11(9)13(16)14-12(10)15/h3,5-6,14-16H,2,4H2,1H3. The Kier molecular flexibility index (Phi) is 2.04. The number of nitrogens with one attached hydrogen (secondary N) is 1. The summed E-state index contributed by atoms with van der Waals surface area (Å²) in [4.78, 5) is 2.57. The van der Waals surface area contributed by atoms with E-state index in [-0.39, 0.29) is 11.8 Å². The molecule has 17 heavy (non-hydrogen) atoms. The lowest BCUT2D eigenvalue weighted by molar-refractivity contribution is 0.414. The van der Waals surface area contributed by atoms with Crippen molar-refractivity contribution in [1.82, 2.24) is 4.98 Å². The third kappa shape index (κ3) is 1.37. The predicted molar refractivity (Wildman–Crippen MR) is 63.5 cm³/mol. The van der Waals surface area contributed by atoms with Crippen LogP contribution in [-0.2, 0) is 12.8 Å². The Labute approximate surface area is 98.5 Å². The number of benzene rings is 1. The number of hydrogen-bond donors (Lipinski definition) is 3. The molecule has 0 unspecified atom stereocenters. The van der Waals surface area contributed by atoms with Crippen LogP contribution in [0.15, 0.2) is 18.2 Å². The van der Waals surface area contributed by atoms with Crippen molar-refractivity contribution in [2.75, 3.05) is 7.11 Å². The van der Waals surface area contributed by atoms with Crippen molar-refractivity contribution in [3.05, 3.63) is 29.3 Å². The van der Waals surface area contributed by atoms with Crippen LogP contribution < -0.4 is 4.74 Å². The third-order valence-corrected chi connectivity index (χ3v) is 3.29. The Hall–Kier alpha value is -2.10. The fourth-order valence-electron chi connectivity index (χ4n) is 2.45. The fraction of sp³-hybridized carbons (Fsp3) is 0.231. The first kappa shape index (κ1) is 10.1. The van der Waals surface area contributed by atoms with Gasteiger partial charge in [0.25, 0.3) is 0 Å². The first-order chi connectivity index (χ1) is 8.20. The Bertz CT molecular complexity index is 587. The first-order valence-corrected chi connectivity index (χ1v) is 5.50. The SMILES string of the molecule is COc1ccc2c(c1)CCc1c(O)[nH]c(O)c1-2. The van der Waals surface area contributed by atoms with Gasteiger partial charge in [-0.15, -0.1) is 0 Å². The Morgan fingerprint density at radius 3 is 2.76 bits per heavy atom. The van der Waals surface area contributed by atoms with E-state index in [1.807, 2.05) is 18.2 Å². The van der Waals surface area contributed by atoms with Crippen LogP contribution in [0.4, 0.5) is 0 Å². The first-order valence-electron chi connectivity index (χ1n) is 5.50. The lowest BCUT2D eigenvalue weighted by atomic mass is 9.87. The van der Waals surface area contributed by atoms with Crippen molar-refractivity contribution >= 4 is 0 Å². The molecule has 0 atom stereocenters. The lowest BCUT2D eigenvalue weighted by Gasteiger charge is -2.17. The molecule has 3 rings (SSSR count). The molecule has 1 aliphatic rings. The zero-order chi connectivity index (χ0) is 12.0. The minimum absolute atomic E-state index is 0.0311. The molecule has 1 aliphatic carbocycles. The molecule has 1 aromatic heterocycles. The third-order valence-electron chi connectivity index (χ3n) is 3.29. The van der Waals surface area contributed by atoms with Gasteiger partial charge in [0.05, 0.1) is 12.7 Å². The molecule has 0 spiro atoms. The second-order valence-electron chi connectivity index (χ2n) is 4.20. The molecule has 2 aromatic rings. The van der Waals surface area contributed by atoms with Crippen LogP contribution >= 0.6 is 0 Å². The highest BCUT2D eigenvalue weighted by Gasteiger charge is 2.24. The molecule has 4 heteroatoms. The van der Waals surface area contributed by atoms with E-state index in [0.29, 0.717) is 5.56 Å². The molecule has 0 fully saturated rings. The number of aromatic hydroxyl groups is 2. The largest absolute Gasteiger partial charge is 0.497 e. The molecule has 0 amide bonds. The van der Waals surface area contributed by atoms with Crippen LogP contribution in [0.25, 0.3) is 11.1 Å². The number of aromatic amines is 1. The molecule has 0 aliphatic heterocycles. The van der Waals surface area contributed by atoms with Gasteiger partial charge in [-0.05, 0) is 36.1 Å². The normalized spacial score (nSPS) is 13.0. The number of aryl methyl sites for hydroxylation is 1. The zero-order valence-corrected chi connectivity index (χ0v) is 9.45. The minimum atomic E-state index is 0.0311. The molecular formula is C13H13NO3. The highest BCUT2D eigenvalue weighted by molar-refractivity contribution is 5.80. The number of ether oxygens (including phenoxy) is 1. The van der Waals surface area contributed by atoms with E-state index in [2.05, 4.69) is 4.98 Å². The van der Waals surface area contributed by atoms with Crippen molar-refractivity contribution in [1.29, 1.82) is 0 Å². The van der Waals surface area contributed by atoms with Gasteiger partial charge in [0.15, 0.2) is 11.8 Å². The van der Waals surface area contributed by atoms with Crippen molar-refractivity contribution in [2.24, 2.45) is 0 Å². The van der Waals surface area contributed by atoms with Gasteiger partial charge in [-0.3, -0.25) is 4.98 Å². The zero-order valence-electron chi connectivity index (χ0n) is 9.45. The molecule has 88 valence electrons. The van der Waals surface area contributed by atoms with Crippen LogP contribution in [0.2, 0.25) is 0 Å². The number of fused-ring (bicyclic) bond motifs is 3. The summed E-state index contributed by atoms with van der Waals surface area (Å²) in [6.45, 7) is 0. The highest BCUT2D eigenvalue weighted by atomic mass is 16.5. The molecular weight excluding hydrogens is 218 g/mol. The Morgan fingerprint density at radius 2 is 2.00 bits per heavy atom. The van der Waals surface area contributed by atoms with E-state index in [4.69, 9.17) is 4.74 Å². The maximum atomic E-state index is 9.80. The maximum absolute atomic E-state index is 9.80. The quantitative estimate of drug-likeness (QED) is 0.705. The summed E-state index contributed by atoms with van der Waals surface area (Å²) >= 11 is 0. The van der Waals surface area contributed by atoms with Crippen molar-refractivity contribution in [3.8, 4) is 28.6 Å². The smallest absolute Gasteiger partial charge is 0.199 e. The number of H-pyrrole nitrogens is 1. The molecule has 0 bridgehead atoms. The number of hydrogen-bond acceptors (Lipinski definition) is 3. The van der Waals surface area contributed by atoms with E-state index in [9.17, 15) is 10.2 Å². The molecule has 4 nitrogen and oxygen atoms in total. The molecule has 1 aromatic carbocycles. The van der Waals surface area contributed by atoms with Gasteiger partial charge in [-0.1, -0.05) is 6.07 Å². The van der Waals surface area contributed by atoms with Crippen LogP contribution in [0, 0.1) is 0 Å². The van der Waals surface area contributed by atoms with E-state index in [1.54, 1.807) is 7.11 Å². The summed E-state index contributed by atoms with van der Waals surface area (Å²) in [6.07, 6.45) is 1.56. The average molecular weight is 231 g/mol. The predicted octanol–water partition coefficient (Wildman–Crippen LogP) is 2.20. The molecule has 0 radical (unpaired) electrons. The Balaban J connectivity index is 2.23. The summed E-state index contributed by atoms with van der Waals surface area (Å²) in [7, 11) is 1.63. The summed E-state index contributed by atoms with van der Waals surface area (Å²) < 4.78 is 5.18. The number of rotatable bonds is 1. The second-order valence-corrected chi connectivity index (χ2v) is 4.20. The minimum Gasteiger partial charge on any atom is -0.497 e. The topological polar surface area (TPSA) is 65.5 Å². The summed E-state index contributed by atoms with van der Waals surface area (Å²) in [5, 5.41) is 19.5. The van der Waals surface area contributed by atoms with E-state index in [0.717, 1.165) is 35.3 Å².